The van der Waals surface area contributed by atoms with Gasteiger partial charge < -0.3 is 105 Å². The molecular formula is C41H28O26. The number of phenols is 15. The van der Waals surface area contributed by atoms with Gasteiger partial charge in [0.15, 0.2) is 75.5 Å². The number of aromatic hydroxyl groups is 15. The van der Waals surface area contributed by atoms with Gasteiger partial charge in [-0.15, -0.1) is 0 Å². The number of carbonyl (C=O) groups is 5. The van der Waals surface area contributed by atoms with Crippen molar-refractivity contribution in [3.05, 3.63) is 64.2 Å². The molecule has 2 unspecified atom stereocenters. The zero-order chi connectivity index (χ0) is 48.8. The average molecular weight is 937 g/mol. The second-order valence-electron chi connectivity index (χ2n) is 14.6. The van der Waals surface area contributed by atoms with Crippen LogP contribution < -0.4 is 0 Å². The summed E-state index contributed by atoms with van der Waals surface area (Å²) in [6.45, 7) is -1.25. The van der Waals surface area contributed by atoms with Gasteiger partial charge in [-0.3, -0.25) is 0 Å². The number of rotatable bonds is 2. The van der Waals surface area contributed by atoms with Crippen LogP contribution in [0.5, 0.6) is 86.2 Å². The highest BCUT2D eigenvalue weighted by Gasteiger charge is 2.56. The lowest BCUT2D eigenvalue weighted by Crippen LogP contribution is -2.63. The molecule has 8 rings (SSSR count). The van der Waals surface area contributed by atoms with Gasteiger partial charge in [0.2, 0.25) is 35.4 Å². The summed E-state index contributed by atoms with van der Waals surface area (Å²) in [7, 11) is 0. The lowest BCUT2D eigenvalue weighted by atomic mass is 9.91. The van der Waals surface area contributed by atoms with Crippen LogP contribution >= 0.6 is 0 Å². The lowest BCUT2D eigenvalue weighted by Gasteiger charge is -2.44. The van der Waals surface area contributed by atoms with E-state index in [9.17, 15) is 101 Å². The fraction of sp³-hybridized carbons (Fsp3) is 0.146. The normalized spacial score (nSPS) is 20.0. The van der Waals surface area contributed by atoms with Gasteiger partial charge in [0, 0.05) is 22.3 Å². The molecular weight excluding hydrogens is 908 g/mol. The number of benzene rings is 5. The van der Waals surface area contributed by atoms with E-state index in [2.05, 4.69) is 0 Å². The van der Waals surface area contributed by atoms with Gasteiger partial charge in [0.05, 0.1) is 27.8 Å². The van der Waals surface area contributed by atoms with Crippen molar-refractivity contribution in [3.63, 3.8) is 0 Å². The molecule has 0 aliphatic carbocycles. The highest BCUT2D eigenvalue weighted by Crippen LogP contribution is 2.55. The van der Waals surface area contributed by atoms with E-state index in [-0.39, 0.29) is 0 Å². The summed E-state index contributed by atoms with van der Waals surface area (Å²) < 4.78 is 33.6. The van der Waals surface area contributed by atoms with Gasteiger partial charge in [-0.05, 0) is 36.4 Å². The zero-order valence-corrected chi connectivity index (χ0v) is 32.8. The number of cyclic esters (lactones) is 1. The van der Waals surface area contributed by atoms with Crippen molar-refractivity contribution in [2.75, 3.05) is 6.61 Å². The first-order chi connectivity index (χ1) is 31.5. The Morgan fingerprint density at radius 1 is 0.418 bits per heavy atom. The van der Waals surface area contributed by atoms with Crippen molar-refractivity contribution in [1.29, 1.82) is 0 Å². The minimum absolute atomic E-state index is 0.408. The first-order valence-corrected chi connectivity index (χ1v) is 18.6. The SMILES string of the molecule is O=C(O[C@@H]1O[C@@H]2COC(=O)c3cc(O)c(O)c(O)c3-c3c(cc(O)c(O)c3O)C(=O)OC2[C@@H]2OC(=O)c3cc(O)c(O)c(O)c3-c3c(cc(O)c(O)c3O)C(=O)OC12)c1cc(O)c(O)c(O)c1. The van der Waals surface area contributed by atoms with Crippen LogP contribution in [0.1, 0.15) is 51.8 Å². The Kier molecular flexibility index (Phi) is 10.2. The third-order valence-corrected chi connectivity index (χ3v) is 10.6. The minimum atomic E-state index is -2.53. The van der Waals surface area contributed by atoms with Gasteiger partial charge >= 0.3 is 29.8 Å². The largest absolute Gasteiger partial charge is 0.504 e. The third-order valence-electron chi connectivity index (χ3n) is 10.6. The summed E-state index contributed by atoms with van der Waals surface area (Å²) >= 11 is 0. The summed E-state index contributed by atoms with van der Waals surface area (Å²) in [6, 6.07) is 2.84. The zero-order valence-electron chi connectivity index (χ0n) is 32.8. The molecule has 0 saturated carbocycles. The fourth-order valence-corrected chi connectivity index (χ4v) is 7.44. The molecule has 5 atom stereocenters. The van der Waals surface area contributed by atoms with E-state index in [4.69, 9.17) is 28.4 Å². The van der Waals surface area contributed by atoms with Crippen LogP contribution in [0, 0.1) is 0 Å². The number of ether oxygens (including phenoxy) is 6. The Labute approximate surface area is 368 Å². The number of phenolic OH excluding ortho intramolecular Hbond substituents is 15. The summed E-state index contributed by atoms with van der Waals surface area (Å²) in [6.07, 6.45) is -12.1. The summed E-state index contributed by atoms with van der Waals surface area (Å²) in [5.74, 6) is -28.2. The molecule has 5 aromatic carbocycles. The second kappa shape index (κ2) is 15.6. The number of carbonyl (C=O) groups excluding carboxylic acids is 5. The molecule has 26 nitrogen and oxygen atoms in total. The van der Waals surface area contributed by atoms with E-state index in [1.54, 1.807) is 0 Å². The summed E-state index contributed by atoms with van der Waals surface area (Å²) in [5.41, 5.74) is -9.31. The quantitative estimate of drug-likeness (QED) is 0.0679. The van der Waals surface area contributed by atoms with E-state index in [0.717, 1.165) is 0 Å². The Bertz CT molecular complexity index is 3020. The average Bonchev–Trinajstić information content (AvgIpc) is 3.29. The van der Waals surface area contributed by atoms with E-state index in [0.29, 0.717) is 36.4 Å². The number of hydrogen-bond acceptors (Lipinski definition) is 26. The van der Waals surface area contributed by atoms with E-state index < -0.39 is 203 Å². The van der Waals surface area contributed by atoms with E-state index in [1.807, 2.05) is 0 Å². The van der Waals surface area contributed by atoms with Crippen molar-refractivity contribution in [2.45, 2.75) is 30.7 Å². The van der Waals surface area contributed by atoms with E-state index >= 15 is 0 Å². The van der Waals surface area contributed by atoms with Crippen LogP contribution in [-0.2, 0) is 28.4 Å². The van der Waals surface area contributed by atoms with Crippen LogP contribution in [0.15, 0.2) is 36.4 Å². The first-order valence-electron chi connectivity index (χ1n) is 18.6. The Hall–Kier alpha value is -9.59. The van der Waals surface area contributed by atoms with E-state index in [1.165, 1.54) is 0 Å². The Morgan fingerprint density at radius 2 is 0.746 bits per heavy atom. The van der Waals surface area contributed by atoms with Crippen molar-refractivity contribution in [2.24, 2.45) is 0 Å². The molecule has 0 amide bonds. The molecule has 1 fully saturated rings. The number of esters is 5. The topological polar surface area (TPSA) is 444 Å². The van der Waals surface area contributed by atoms with Gasteiger partial charge in [0.25, 0.3) is 0 Å². The van der Waals surface area contributed by atoms with Crippen LogP contribution in [0.2, 0.25) is 0 Å². The van der Waals surface area contributed by atoms with Gasteiger partial charge in [-0.1, -0.05) is 0 Å². The predicted molar refractivity (Wildman–Crippen MR) is 207 cm³/mol. The third kappa shape index (κ3) is 6.91. The van der Waals surface area contributed by atoms with Crippen molar-refractivity contribution >= 4 is 29.8 Å². The monoisotopic (exact) mass is 936 g/mol. The Morgan fingerprint density at radius 3 is 1.13 bits per heavy atom. The van der Waals surface area contributed by atoms with Crippen LogP contribution in [-0.4, -0.2) is 144 Å². The maximum Gasteiger partial charge on any atom is 0.340 e. The van der Waals surface area contributed by atoms with Crippen LogP contribution in [0.25, 0.3) is 22.3 Å². The second-order valence-corrected chi connectivity index (χ2v) is 14.6. The molecule has 0 spiro atoms. The molecule has 1 saturated heterocycles. The Balaban J connectivity index is 1.37. The standard InChI is InChI=1S/C41H28O26/c42-13-1-8(2-14(43)24(13)48)36(57)67-41-35-34(65-39(60)11-5-17(46)27(51)31(55)22(11)23-12(40(61)66-35)6-18(47)28(52)32(23)56)33-19(63-41)7-62-37(58)9-3-15(44)25(49)29(53)20(9)21-10(38(59)64-33)4-16(45)26(50)30(21)54/h1-6,19,33-35,41-56H,7H2/t19-,33?,34+,35?,41+/m1/s1. The molecule has 15 N–H and O–H groups in total. The van der Waals surface area contributed by atoms with Crippen molar-refractivity contribution < 1.29 is 129 Å². The molecule has 67 heavy (non-hydrogen) atoms. The van der Waals surface area contributed by atoms with Gasteiger partial charge in [0.1, 0.15) is 12.7 Å². The van der Waals surface area contributed by atoms with Crippen molar-refractivity contribution in [1.82, 2.24) is 0 Å². The molecule has 26 heteroatoms. The summed E-state index contributed by atoms with van der Waals surface area (Å²) in [4.78, 5) is 70.7. The maximum absolute atomic E-state index is 14.4. The molecule has 0 radical (unpaired) electrons. The molecule has 0 bridgehead atoms. The highest BCUT2D eigenvalue weighted by molar-refractivity contribution is 6.10. The first kappa shape index (κ1) is 44.0. The highest BCUT2D eigenvalue weighted by atomic mass is 16.7. The molecule has 3 aliphatic heterocycles. The number of fused-ring (bicyclic) bond motifs is 9. The molecule has 5 aromatic rings. The summed E-state index contributed by atoms with van der Waals surface area (Å²) in [5, 5.41) is 158. The maximum atomic E-state index is 14.4. The van der Waals surface area contributed by atoms with Crippen LogP contribution in [0.4, 0.5) is 0 Å². The predicted octanol–water partition coefficient (Wildman–Crippen LogP) is 1.65. The van der Waals surface area contributed by atoms with Gasteiger partial charge in [-0.2, -0.15) is 0 Å². The molecule has 0 aromatic heterocycles. The van der Waals surface area contributed by atoms with Crippen molar-refractivity contribution in [3.8, 4) is 108 Å². The lowest BCUT2D eigenvalue weighted by molar-refractivity contribution is -0.282. The smallest absolute Gasteiger partial charge is 0.340 e. The van der Waals surface area contributed by atoms with Gasteiger partial charge in [-0.25, -0.2) is 24.0 Å². The van der Waals surface area contributed by atoms with Crippen LogP contribution in [0.3, 0.4) is 0 Å². The minimum Gasteiger partial charge on any atom is -0.504 e. The molecule has 3 aliphatic rings. The molecule has 348 valence electrons. The molecule has 3 heterocycles. The fourth-order valence-electron chi connectivity index (χ4n) is 7.44. The number of hydrogen-bond donors (Lipinski definition) is 15.